The molecule has 20 heavy (non-hydrogen) atoms. The molecular weight excluding hydrogens is 258 g/mol. The minimum Gasteiger partial charge on any atom is -0.467 e. The van der Waals surface area contributed by atoms with Crippen molar-refractivity contribution in [3.05, 3.63) is 18.2 Å². The van der Waals surface area contributed by atoms with Crippen LogP contribution in [0.2, 0.25) is 0 Å². The van der Waals surface area contributed by atoms with Crippen LogP contribution in [-0.2, 0) is 9.53 Å². The summed E-state index contributed by atoms with van der Waals surface area (Å²) >= 11 is 0. The van der Waals surface area contributed by atoms with E-state index >= 15 is 0 Å². The van der Waals surface area contributed by atoms with Crippen LogP contribution in [0.4, 0.5) is 11.7 Å². The number of nitrogens with one attached hydrogen (secondary N) is 1. The van der Waals surface area contributed by atoms with E-state index < -0.39 is 0 Å². The van der Waals surface area contributed by atoms with Crippen molar-refractivity contribution >= 4 is 28.8 Å². The van der Waals surface area contributed by atoms with Crippen molar-refractivity contribution < 1.29 is 13.9 Å². The minimum absolute atomic E-state index is 0.276. The number of carbonyl (C=O) groups excluding carboxylic acids is 1. The summed E-state index contributed by atoms with van der Waals surface area (Å²) in [5.41, 5.74) is 2.28. The first-order valence-corrected chi connectivity index (χ1v) is 6.47. The summed E-state index contributed by atoms with van der Waals surface area (Å²) in [7, 11) is 5.12. The maximum Gasteiger partial charge on any atom is 0.328 e. The number of ether oxygens (including phenoxy) is 1. The molecule has 0 aliphatic heterocycles. The molecule has 0 radical (unpaired) electrons. The second kappa shape index (κ2) is 5.81. The predicted molar refractivity (Wildman–Crippen MR) is 78.1 cm³/mol. The number of fused-ring (bicyclic) bond motifs is 1. The molecule has 0 unspecified atom stereocenters. The van der Waals surface area contributed by atoms with Crippen molar-refractivity contribution in [3.63, 3.8) is 0 Å². The Bertz CT molecular complexity index is 607. The monoisotopic (exact) mass is 277 g/mol. The summed E-state index contributed by atoms with van der Waals surface area (Å²) in [5, 5.41) is 3.14. The van der Waals surface area contributed by atoms with Crippen LogP contribution in [0.25, 0.3) is 11.1 Å². The molecule has 6 heteroatoms. The van der Waals surface area contributed by atoms with E-state index in [4.69, 9.17) is 9.15 Å². The normalized spacial score (nSPS) is 12.2. The van der Waals surface area contributed by atoms with E-state index in [1.54, 1.807) is 4.90 Å². The molecule has 1 heterocycles. The van der Waals surface area contributed by atoms with Crippen molar-refractivity contribution in [2.75, 3.05) is 31.4 Å². The van der Waals surface area contributed by atoms with Crippen molar-refractivity contribution in [1.29, 1.82) is 0 Å². The maximum atomic E-state index is 11.6. The number of carbonyl (C=O) groups is 1. The van der Waals surface area contributed by atoms with Gasteiger partial charge in [0.2, 0.25) is 0 Å². The largest absolute Gasteiger partial charge is 0.467 e. The molecule has 108 valence electrons. The molecule has 1 aromatic heterocycles. The molecule has 0 amide bonds. The summed E-state index contributed by atoms with van der Waals surface area (Å²) in [6.07, 6.45) is 0.645. The van der Waals surface area contributed by atoms with Crippen LogP contribution >= 0.6 is 0 Å². The molecule has 0 saturated heterocycles. The van der Waals surface area contributed by atoms with Crippen LogP contribution in [0.5, 0.6) is 0 Å². The lowest BCUT2D eigenvalue weighted by Gasteiger charge is -2.15. The van der Waals surface area contributed by atoms with Crippen LogP contribution in [0.3, 0.4) is 0 Å². The maximum absolute atomic E-state index is 11.6. The minimum atomic E-state index is -0.363. The van der Waals surface area contributed by atoms with E-state index in [0.717, 1.165) is 11.2 Å². The molecule has 1 aromatic carbocycles. The molecule has 2 aromatic rings. The fourth-order valence-corrected chi connectivity index (χ4v) is 1.87. The van der Waals surface area contributed by atoms with Gasteiger partial charge in [0.1, 0.15) is 11.6 Å². The third-order valence-corrected chi connectivity index (χ3v) is 2.99. The molecule has 0 fully saturated rings. The Labute approximate surface area is 117 Å². The van der Waals surface area contributed by atoms with Gasteiger partial charge in [0.25, 0.3) is 6.01 Å². The number of benzene rings is 1. The summed E-state index contributed by atoms with van der Waals surface area (Å²) in [6, 6.07) is 5.74. The Morgan fingerprint density at radius 3 is 2.85 bits per heavy atom. The number of esters is 1. The molecule has 0 bridgehead atoms. The van der Waals surface area contributed by atoms with Gasteiger partial charge in [-0.1, -0.05) is 6.92 Å². The SMILES string of the molecule is CC[C@H](Nc1ccc2oc(N(C)C)nc2c1)C(=O)OC. The number of aromatic nitrogens is 1. The summed E-state index contributed by atoms with van der Waals surface area (Å²) in [5.74, 6) is -0.276. The van der Waals surface area contributed by atoms with Crippen molar-refractivity contribution in [2.45, 2.75) is 19.4 Å². The zero-order chi connectivity index (χ0) is 14.7. The van der Waals surface area contributed by atoms with E-state index in [1.165, 1.54) is 7.11 Å². The molecule has 0 spiro atoms. The number of hydrogen-bond acceptors (Lipinski definition) is 6. The molecule has 1 N–H and O–H groups in total. The first-order valence-electron chi connectivity index (χ1n) is 6.47. The van der Waals surface area contributed by atoms with E-state index in [1.807, 2.05) is 39.2 Å². The van der Waals surface area contributed by atoms with E-state index in [0.29, 0.717) is 18.0 Å². The molecule has 0 saturated carbocycles. The number of methoxy groups -OCH3 is 1. The summed E-state index contributed by atoms with van der Waals surface area (Å²) < 4.78 is 10.3. The van der Waals surface area contributed by atoms with Gasteiger partial charge in [-0.15, -0.1) is 0 Å². The fraction of sp³-hybridized carbons (Fsp3) is 0.429. The van der Waals surface area contributed by atoms with Crippen LogP contribution in [-0.4, -0.2) is 38.2 Å². The lowest BCUT2D eigenvalue weighted by Crippen LogP contribution is -2.29. The lowest BCUT2D eigenvalue weighted by atomic mass is 10.2. The third kappa shape index (κ3) is 2.84. The number of nitrogens with zero attached hydrogens (tertiary/aromatic N) is 2. The third-order valence-electron chi connectivity index (χ3n) is 2.99. The predicted octanol–water partition coefficient (Wildman–Crippen LogP) is 2.26. The highest BCUT2D eigenvalue weighted by molar-refractivity contribution is 5.82. The standard InChI is InChI=1S/C14H19N3O3/c1-5-10(13(18)19-4)15-9-6-7-12-11(8-9)16-14(20-12)17(2)3/h6-8,10,15H,5H2,1-4H3/t10-/m0/s1. The summed E-state index contributed by atoms with van der Waals surface area (Å²) in [6.45, 7) is 1.92. The number of hydrogen-bond donors (Lipinski definition) is 1. The van der Waals surface area contributed by atoms with Crippen LogP contribution in [0, 0.1) is 0 Å². The van der Waals surface area contributed by atoms with Crippen LogP contribution < -0.4 is 10.2 Å². The molecular formula is C14H19N3O3. The van der Waals surface area contributed by atoms with Gasteiger partial charge >= 0.3 is 5.97 Å². The average Bonchev–Trinajstić information content (AvgIpc) is 2.87. The van der Waals surface area contributed by atoms with Gasteiger partial charge in [-0.05, 0) is 24.6 Å². The highest BCUT2D eigenvalue weighted by Gasteiger charge is 2.17. The van der Waals surface area contributed by atoms with Gasteiger partial charge in [-0.3, -0.25) is 0 Å². The van der Waals surface area contributed by atoms with Gasteiger partial charge in [-0.25, -0.2) is 4.79 Å². The topological polar surface area (TPSA) is 67.6 Å². The molecule has 1 atom stereocenters. The van der Waals surface area contributed by atoms with Gasteiger partial charge in [0.05, 0.1) is 7.11 Å². The Morgan fingerprint density at radius 2 is 2.25 bits per heavy atom. The van der Waals surface area contributed by atoms with Crippen molar-refractivity contribution in [1.82, 2.24) is 4.98 Å². The molecule has 6 nitrogen and oxygen atoms in total. The van der Waals surface area contributed by atoms with Crippen molar-refractivity contribution in [3.8, 4) is 0 Å². The Kier molecular flexibility index (Phi) is 4.12. The zero-order valence-corrected chi connectivity index (χ0v) is 12.1. The quantitative estimate of drug-likeness (QED) is 0.845. The number of anilines is 2. The number of oxazole rings is 1. The highest BCUT2D eigenvalue weighted by atomic mass is 16.5. The molecule has 0 aliphatic rings. The second-order valence-electron chi connectivity index (χ2n) is 4.70. The van der Waals surface area contributed by atoms with E-state index in [2.05, 4.69) is 10.3 Å². The first kappa shape index (κ1) is 14.2. The van der Waals surface area contributed by atoms with Gasteiger partial charge in [-0.2, -0.15) is 4.98 Å². The van der Waals surface area contributed by atoms with E-state index in [9.17, 15) is 4.79 Å². The van der Waals surface area contributed by atoms with Gasteiger partial charge in [0, 0.05) is 19.8 Å². The second-order valence-corrected chi connectivity index (χ2v) is 4.70. The van der Waals surface area contributed by atoms with Crippen LogP contribution in [0.15, 0.2) is 22.6 Å². The first-order chi connectivity index (χ1) is 9.55. The Hall–Kier alpha value is -2.24. The zero-order valence-electron chi connectivity index (χ0n) is 12.1. The van der Waals surface area contributed by atoms with Gasteiger partial charge < -0.3 is 19.4 Å². The van der Waals surface area contributed by atoms with Gasteiger partial charge in [0.15, 0.2) is 5.58 Å². The highest BCUT2D eigenvalue weighted by Crippen LogP contribution is 2.24. The lowest BCUT2D eigenvalue weighted by molar-refractivity contribution is -0.141. The average molecular weight is 277 g/mol. The molecule has 0 aliphatic carbocycles. The Balaban J connectivity index is 2.24. The number of rotatable bonds is 5. The Morgan fingerprint density at radius 1 is 1.50 bits per heavy atom. The van der Waals surface area contributed by atoms with Crippen molar-refractivity contribution in [2.24, 2.45) is 0 Å². The smallest absolute Gasteiger partial charge is 0.328 e. The van der Waals surface area contributed by atoms with Crippen LogP contribution in [0.1, 0.15) is 13.3 Å². The molecule has 2 rings (SSSR count). The fourth-order valence-electron chi connectivity index (χ4n) is 1.87. The van der Waals surface area contributed by atoms with E-state index in [-0.39, 0.29) is 12.0 Å². The summed E-state index contributed by atoms with van der Waals surface area (Å²) in [4.78, 5) is 17.8.